The normalized spacial score (nSPS) is 21.1. The summed E-state index contributed by atoms with van der Waals surface area (Å²) in [6.45, 7) is 0. The average Bonchev–Trinajstić information content (AvgIpc) is 3.24. The lowest BCUT2D eigenvalue weighted by Crippen LogP contribution is -2.37. The van der Waals surface area contributed by atoms with Crippen LogP contribution in [0.1, 0.15) is 40.0 Å². The topological polar surface area (TPSA) is 66.1 Å². The van der Waals surface area contributed by atoms with Crippen molar-refractivity contribution in [3.8, 4) is 0 Å². The van der Waals surface area contributed by atoms with Gasteiger partial charge >= 0.3 is 6.18 Å². The van der Waals surface area contributed by atoms with Gasteiger partial charge in [-0.15, -0.1) is 0 Å². The van der Waals surface area contributed by atoms with E-state index in [1.165, 1.54) is 22.6 Å². The van der Waals surface area contributed by atoms with Gasteiger partial charge in [-0.25, -0.2) is 12.8 Å². The molecule has 0 radical (unpaired) electrons. The zero-order chi connectivity index (χ0) is 20.6. The molecule has 0 unspecified atom stereocenters. The summed E-state index contributed by atoms with van der Waals surface area (Å²) in [4.78, 5) is -0.277. The number of H-pyrrole nitrogens is 1. The fraction of sp³-hybridized carbons (Fsp3) is 0.211. The second kappa shape index (κ2) is 5.90. The predicted molar refractivity (Wildman–Crippen MR) is 93.7 cm³/mol. The van der Waals surface area contributed by atoms with Gasteiger partial charge in [-0.05, 0) is 35.9 Å². The number of sulfonamides is 1. The minimum Gasteiger partial charge on any atom is -0.282 e. The zero-order valence-electron chi connectivity index (χ0n) is 14.6. The Labute approximate surface area is 163 Å². The molecule has 2 bridgehead atoms. The lowest BCUT2D eigenvalue weighted by Gasteiger charge is -2.33. The molecule has 1 aromatic heterocycles. The molecule has 29 heavy (non-hydrogen) atoms. The Morgan fingerprint density at radius 1 is 1.07 bits per heavy atom. The third-order valence-electron chi connectivity index (χ3n) is 5.48. The van der Waals surface area contributed by atoms with Crippen LogP contribution in [0.5, 0.6) is 0 Å². The van der Waals surface area contributed by atoms with Crippen LogP contribution in [-0.4, -0.2) is 22.9 Å². The van der Waals surface area contributed by atoms with Crippen LogP contribution in [0.2, 0.25) is 0 Å². The number of hydrogen-bond acceptors (Lipinski definition) is 3. The molecule has 5 nitrogen and oxygen atoms in total. The molecule has 0 saturated carbocycles. The van der Waals surface area contributed by atoms with Crippen LogP contribution in [0.4, 0.5) is 17.6 Å². The number of alkyl halides is 3. The van der Waals surface area contributed by atoms with E-state index in [2.05, 4.69) is 10.2 Å². The summed E-state index contributed by atoms with van der Waals surface area (Å²) in [5.41, 5.74) is 1.13. The van der Waals surface area contributed by atoms with Crippen molar-refractivity contribution in [3.63, 3.8) is 0 Å². The van der Waals surface area contributed by atoms with Gasteiger partial charge in [-0.2, -0.15) is 22.6 Å². The van der Waals surface area contributed by atoms with Crippen LogP contribution in [0, 0.1) is 5.82 Å². The molecule has 150 valence electrons. The Balaban J connectivity index is 1.66. The average molecular weight is 423 g/mol. The number of fused-ring (bicyclic) bond motifs is 7. The van der Waals surface area contributed by atoms with E-state index in [0.29, 0.717) is 11.1 Å². The summed E-state index contributed by atoms with van der Waals surface area (Å²) in [7, 11) is -4.21. The van der Waals surface area contributed by atoms with Crippen molar-refractivity contribution in [2.24, 2.45) is 0 Å². The largest absolute Gasteiger partial charge is 0.416 e. The molecule has 0 spiro atoms. The number of rotatable bonds is 2. The van der Waals surface area contributed by atoms with Gasteiger partial charge in [-0.3, -0.25) is 5.10 Å². The Kier molecular flexibility index (Phi) is 3.72. The van der Waals surface area contributed by atoms with Gasteiger partial charge in [0.25, 0.3) is 0 Å². The fourth-order valence-electron chi connectivity index (χ4n) is 4.23. The monoisotopic (exact) mass is 423 g/mol. The van der Waals surface area contributed by atoms with Gasteiger partial charge in [0.2, 0.25) is 10.0 Å². The van der Waals surface area contributed by atoms with Gasteiger partial charge < -0.3 is 0 Å². The Bertz CT molecular complexity index is 1220. The van der Waals surface area contributed by atoms with Crippen LogP contribution in [0.3, 0.4) is 0 Å². The summed E-state index contributed by atoms with van der Waals surface area (Å²) >= 11 is 0. The van der Waals surface area contributed by atoms with Crippen molar-refractivity contribution < 1.29 is 26.0 Å². The maximum absolute atomic E-state index is 14.7. The van der Waals surface area contributed by atoms with Crippen LogP contribution in [0.15, 0.2) is 53.6 Å². The first-order chi connectivity index (χ1) is 13.7. The molecule has 0 saturated heterocycles. The standard InChI is InChI=1S/C19H13F4N3O2S/c20-14-3-1-2-12-16-8-15-13(9-24-25-15)18(17(12)14)26(16)29(27,28)11-6-4-10(5-7-11)19(21,22)23/h1-7,9,16,18H,8H2,(H,24,25)/t16-,18+/m1/s1. The summed E-state index contributed by atoms with van der Waals surface area (Å²) in [6, 6.07) is 6.19. The third-order valence-corrected chi connectivity index (χ3v) is 7.37. The predicted octanol–water partition coefficient (Wildman–Crippen LogP) is 3.96. The molecule has 5 rings (SSSR count). The van der Waals surface area contributed by atoms with E-state index in [1.807, 2.05) is 0 Å². The van der Waals surface area contributed by atoms with E-state index in [1.54, 1.807) is 6.07 Å². The first-order valence-electron chi connectivity index (χ1n) is 8.71. The van der Waals surface area contributed by atoms with E-state index in [0.717, 1.165) is 30.0 Å². The van der Waals surface area contributed by atoms with Crippen LogP contribution in [-0.2, 0) is 22.6 Å². The molecule has 1 N–H and O–H groups in total. The highest BCUT2D eigenvalue weighted by Crippen LogP contribution is 2.54. The highest BCUT2D eigenvalue weighted by Gasteiger charge is 2.52. The number of hydrogen-bond donors (Lipinski definition) is 1. The van der Waals surface area contributed by atoms with Crippen LogP contribution in [0.25, 0.3) is 0 Å². The SMILES string of the molecule is O=S(=O)(c1ccc(C(F)(F)F)cc1)N1[C@H]2c3cn[nH]c3C[C@@H]1c1cccc(F)c12. The summed E-state index contributed by atoms with van der Waals surface area (Å²) < 4.78 is 81.2. The van der Waals surface area contributed by atoms with E-state index in [-0.39, 0.29) is 16.9 Å². The quantitative estimate of drug-likeness (QED) is 0.635. The van der Waals surface area contributed by atoms with Crippen molar-refractivity contribution in [2.75, 3.05) is 0 Å². The van der Waals surface area contributed by atoms with Crippen LogP contribution >= 0.6 is 0 Å². The first-order valence-corrected chi connectivity index (χ1v) is 10.1. The molecule has 2 aliphatic heterocycles. The molecular weight excluding hydrogens is 410 g/mol. The molecule has 0 aliphatic carbocycles. The first kappa shape index (κ1) is 18.3. The van der Waals surface area contributed by atoms with Gasteiger partial charge in [0.1, 0.15) is 5.82 Å². The van der Waals surface area contributed by atoms with E-state index < -0.39 is 39.7 Å². The Morgan fingerprint density at radius 2 is 1.79 bits per heavy atom. The lowest BCUT2D eigenvalue weighted by atomic mass is 10.00. The molecule has 2 aromatic carbocycles. The molecule has 10 heteroatoms. The number of halogens is 4. The summed E-state index contributed by atoms with van der Waals surface area (Å²) in [5.74, 6) is -0.531. The zero-order valence-corrected chi connectivity index (χ0v) is 15.4. The van der Waals surface area contributed by atoms with Gasteiger partial charge in [0.15, 0.2) is 0 Å². The highest BCUT2D eigenvalue weighted by atomic mass is 32.2. The van der Waals surface area contributed by atoms with E-state index in [9.17, 15) is 26.0 Å². The van der Waals surface area contributed by atoms with Crippen molar-refractivity contribution in [1.29, 1.82) is 0 Å². The van der Waals surface area contributed by atoms with Gasteiger partial charge in [0, 0.05) is 23.2 Å². The molecule has 2 atom stereocenters. The smallest absolute Gasteiger partial charge is 0.282 e. The summed E-state index contributed by atoms with van der Waals surface area (Å²) in [6.07, 6.45) is -2.84. The number of aromatic amines is 1. The second-order valence-corrected chi connectivity index (χ2v) is 8.87. The second-order valence-electron chi connectivity index (χ2n) is 7.03. The lowest BCUT2D eigenvalue weighted by molar-refractivity contribution is -0.137. The maximum Gasteiger partial charge on any atom is 0.416 e. The van der Waals surface area contributed by atoms with Gasteiger partial charge in [0.05, 0.1) is 28.7 Å². The fourth-order valence-corrected chi connectivity index (χ4v) is 5.97. The number of aromatic nitrogens is 2. The summed E-state index contributed by atoms with van der Waals surface area (Å²) in [5, 5.41) is 6.79. The maximum atomic E-state index is 14.7. The van der Waals surface area contributed by atoms with Crippen molar-refractivity contribution >= 4 is 10.0 Å². The minimum atomic E-state index is -4.57. The van der Waals surface area contributed by atoms with E-state index >= 15 is 0 Å². The number of nitrogens with zero attached hydrogens (tertiary/aromatic N) is 2. The minimum absolute atomic E-state index is 0.258. The van der Waals surface area contributed by atoms with Crippen molar-refractivity contribution in [2.45, 2.75) is 29.6 Å². The molecule has 2 aliphatic rings. The molecular formula is C19H13F4N3O2S. The van der Waals surface area contributed by atoms with Crippen molar-refractivity contribution in [3.05, 3.63) is 82.4 Å². The number of benzene rings is 2. The Morgan fingerprint density at radius 3 is 2.48 bits per heavy atom. The van der Waals surface area contributed by atoms with E-state index in [4.69, 9.17) is 0 Å². The van der Waals surface area contributed by atoms with Gasteiger partial charge in [-0.1, -0.05) is 12.1 Å². The molecule has 3 aromatic rings. The molecule has 0 amide bonds. The third kappa shape index (κ3) is 2.55. The molecule has 3 heterocycles. The van der Waals surface area contributed by atoms with Crippen molar-refractivity contribution in [1.82, 2.24) is 14.5 Å². The highest BCUT2D eigenvalue weighted by molar-refractivity contribution is 7.89. The Hall–Kier alpha value is -2.72. The molecule has 0 fully saturated rings. The number of nitrogens with one attached hydrogen (secondary N) is 1. The van der Waals surface area contributed by atoms with Crippen LogP contribution < -0.4 is 0 Å².